The lowest BCUT2D eigenvalue weighted by molar-refractivity contribution is 0.132. The fourth-order valence-electron chi connectivity index (χ4n) is 3.28. The fourth-order valence-corrected chi connectivity index (χ4v) is 3.28. The van der Waals surface area contributed by atoms with Gasteiger partial charge in [-0.15, -0.1) is 0 Å². The summed E-state index contributed by atoms with van der Waals surface area (Å²) < 4.78 is 21.9. The highest BCUT2D eigenvalue weighted by Gasteiger charge is 2.27. The molecule has 2 aliphatic rings. The van der Waals surface area contributed by atoms with Gasteiger partial charge in [0.2, 0.25) is 0 Å². The molecule has 30 heavy (non-hydrogen) atoms. The van der Waals surface area contributed by atoms with Crippen molar-refractivity contribution in [3.8, 4) is 17.6 Å². The van der Waals surface area contributed by atoms with Gasteiger partial charge in [0.1, 0.15) is 19.0 Å². The predicted octanol–water partition coefficient (Wildman–Crippen LogP) is 3.18. The van der Waals surface area contributed by atoms with Crippen LogP contribution in [0.4, 0.5) is 11.4 Å². The molecule has 0 saturated heterocycles. The zero-order valence-electron chi connectivity index (χ0n) is 16.9. The van der Waals surface area contributed by atoms with Gasteiger partial charge in [-0.3, -0.25) is 0 Å². The van der Waals surface area contributed by atoms with Crippen molar-refractivity contribution in [1.29, 1.82) is 5.26 Å². The Morgan fingerprint density at radius 1 is 0.967 bits per heavy atom. The van der Waals surface area contributed by atoms with E-state index in [-0.39, 0.29) is 0 Å². The zero-order valence-corrected chi connectivity index (χ0v) is 16.9. The molecular formula is C22H22N4O4. The van der Waals surface area contributed by atoms with Crippen LogP contribution in [0, 0.1) is 11.3 Å². The second-order valence-corrected chi connectivity index (χ2v) is 6.76. The van der Waals surface area contributed by atoms with Gasteiger partial charge in [-0.2, -0.15) is 5.26 Å². The maximum Gasteiger partial charge on any atom is 0.163 e. The van der Waals surface area contributed by atoms with Crippen LogP contribution in [-0.2, 0) is 16.0 Å². The van der Waals surface area contributed by atoms with E-state index in [1.54, 1.807) is 26.6 Å². The monoisotopic (exact) mass is 406 g/mol. The first-order valence-corrected chi connectivity index (χ1v) is 9.58. The third kappa shape index (κ3) is 3.99. The fraction of sp³-hybridized carbons (Fsp3) is 0.318. The van der Waals surface area contributed by atoms with Crippen LogP contribution >= 0.6 is 0 Å². The molecule has 8 nitrogen and oxygen atoms in total. The van der Waals surface area contributed by atoms with E-state index in [9.17, 15) is 5.26 Å². The number of rotatable bonds is 8. The van der Waals surface area contributed by atoms with Gasteiger partial charge < -0.3 is 23.8 Å². The summed E-state index contributed by atoms with van der Waals surface area (Å²) in [6, 6.07) is 11.5. The molecule has 0 unspecified atom stereocenters. The molecule has 0 atom stereocenters. The van der Waals surface area contributed by atoms with Crippen LogP contribution in [0.15, 0.2) is 40.3 Å². The van der Waals surface area contributed by atoms with E-state index in [0.29, 0.717) is 50.0 Å². The van der Waals surface area contributed by atoms with Gasteiger partial charge in [-0.05, 0) is 23.8 Å². The topological polar surface area (TPSA) is 88.7 Å². The number of benzene rings is 2. The minimum Gasteiger partial charge on any atom is -0.487 e. The lowest BCUT2D eigenvalue weighted by Gasteiger charge is -2.30. The Kier molecular flexibility index (Phi) is 5.93. The van der Waals surface area contributed by atoms with Crippen molar-refractivity contribution in [1.82, 2.24) is 4.90 Å². The summed E-state index contributed by atoms with van der Waals surface area (Å²) in [5, 5.41) is 9.21. The van der Waals surface area contributed by atoms with Gasteiger partial charge in [-0.25, -0.2) is 9.98 Å². The van der Waals surface area contributed by atoms with E-state index in [4.69, 9.17) is 23.9 Å². The Morgan fingerprint density at radius 3 is 2.40 bits per heavy atom. The van der Waals surface area contributed by atoms with Crippen LogP contribution in [0.2, 0.25) is 0 Å². The van der Waals surface area contributed by atoms with E-state index in [1.807, 2.05) is 29.2 Å². The molecule has 0 aliphatic carbocycles. The lowest BCUT2D eigenvalue weighted by Crippen LogP contribution is -2.34. The first-order valence-electron chi connectivity index (χ1n) is 9.58. The maximum absolute atomic E-state index is 9.21. The molecule has 0 aromatic heterocycles. The molecule has 2 aromatic rings. The van der Waals surface area contributed by atoms with Crippen molar-refractivity contribution in [3.05, 3.63) is 47.0 Å². The van der Waals surface area contributed by atoms with Gasteiger partial charge in [-0.1, -0.05) is 6.07 Å². The van der Waals surface area contributed by atoms with Crippen molar-refractivity contribution >= 4 is 23.5 Å². The molecule has 8 heteroatoms. The first kappa shape index (κ1) is 19.9. The summed E-state index contributed by atoms with van der Waals surface area (Å²) in [5.41, 5.74) is 4.02. The molecule has 4 rings (SSSR count). The molecular weight excluding hydrogens is 384 g/mol. The number of amidine groups is 1. The summed E-state index contributed by atoms with van der Waals surface area (Å²) in [6.07, 6.45) is 1.77. The Labute approximate surface area is 175 Å². The third-order valence-corrected chi connectivity index (χ3v) is 4.78. The largest absolute Gasteiger partial charge is 0.487 e. The minimum absolute atomic E-state index is 0.393. The lowest BCUT2D eigenvalue weighted by atomic mass is 10.0. The van der Waals surface area contributed by atoms with Gasteiger partial charge >= 0.3 is 0 Å². The summed E-state index contributed by atoms with van der Waals surface area (Å²) in [6.45, 7) is 2.36. The van der Waals surface area contributed by atoms with Crippen LogP contribution in [0.1, 0.15) is 16.7 Å². The van der Waals surface area contributed by atoms with Crippen molar-refractivity contribution < 1.29 is 18.9 Å². The molecule has 0 amide bonds. The highest BCUT2D eigenvalue weighted by molar-refractivity contribution is 6.12. The van der Waals surface area contributed by atoms with Crippen molar-refractivity contribution in [3.63, 3.8) is 0 Å². The van der Waals surface area contributed by atoms with E-state index in [1.165, 1.54) is 0 Å². The Morgan fingerprint density at radius 2 is 1.70 bits per heavy atom. The third-order valence-electron chi connectivity index (χ3n) is 4.78. The smallest absolute Gasteiger partial charge is 0.163 e. The van der Waals surface area contributed by atoms with Crippen molar-refractivity contribution in [2.24, 2.45) is 9.98 Å². The van der Waals surface area contributed by atoms with E-state index < -0.39 is 0 Å². The Balaban J connectivity index is 1.73. The zero-order chi connectivity index (χ0) is 20.9. The summed E-state index contributed by atoms with van der Waals surface area (Å²) in [7, 11) is 3.25. The molecule has 0 bridgehead atoms. The van der Waals surface area contributed by atoms with Crippen molar-refractivity contribution in [2.75, 3.05) is 40.6 Å². The number of fused-ring (bicyclic) bond motifs is 4. The van der Waals surface area contributed by atoms with Crippen LogP contribution in [-0.4, -0.2) is 57.7 Å². The number of methoxy groups -OCH3 is 2. The van der Waals surface area contributed by atoms with E-state index in [0.717, 1.165) is 28.3 Å². The Hall–Kier alpha value is -3.41. The minimum atomic E-state index is 0.393. The standard InChI is InChI=1S/C22H22N4O4/c1-27-5-7-29-20-10-17-19(11-21(20)30-8-6-28-2)24-14-26-13-16-4-3-15(12-23)9-18(16)25-22(17)26/h3-4,9-11,14H,5-8,13H2,1-2H3. The molecule has 2 heterocycles. The maximum atomic E-state index is 9.21. The average Bonchev–Trinajstić information content (AvgIpc) is 2.78. The second-order valence-electron chi connectivity index (χ2n) is 6.76. The van der Waals surface area contributed by atoms with Gasteiger partial charge in [0, 0.05) is 25.8 Å². The van der Waals surface area contributed by atoms with Crippen LogP contribution in [0.3, 0.4) is 0 Å². The summed E-state index contributed by atoms with van der Waals surface area (Å²) in [4.78, 5) is 11.4. The van der Waals surface area contributed by atoms with Crippen LogP contribution in [0.5, 0.6) is 11.5 Å². The Bertz CT molecular complexity index is 1040. The predicted molar refractivity (Wildman–Crippen MR) is 112 cm³/mol. The van der Waals surface area contributed by atoms with Crippen LogP contribution < -0.4 is 9.47 Å². The van der Waals surface area contributed by atoms with E-state index in [2.05, 4.69) is 11.1 Å². The van der Waals surface area contributed by atoms with Crippen LogP contribution in [0.25, 0.3) is 0 Å². The molecule has 2 aliphatic heterocycles. The molecule has 0 fully saturated rings. The highest BCUT2D eigenvalue weighted by Crippen LogP contribution is 2.40. The second kappa shape index (κ2) is 8.95. The number of hydrogen-bond acceptors (Lipinski definition) is 8. The molecule has 0 spiro atoms. The summed E-state index contributed by atoms with van der Waals surface area (Å²) in [5.74, 6) is 1.96. The number of nitriles is 1. The van der Waals surface area contributed by atoms with Gasteiger partial charge in [0.15, 0.2) is 11.5 Å². The van der Waals surface area contributed by atoms with Gasteiger partial charge in [0.25, 0.3) is 0 Å². The van der Waals surface area contributed by atoms with Gasteiger partial charge in [0.05, 0.1) is 49.1 Å². The quantitative estimate of drug-likeness (QED) is 0.626. The molecule has 0 saturated carbocycles. The molecule has 2 aromatic carbocycles. The number of nitrogens with zero attached hydrogens (tertiary/aromatic N) is 4. The highest BCUT2D eigenvalue weighted by atomic mass is 16.5. The molecule has 0 N–H and O–H groups in total. The number of aliphatic imine (C=N–C) groups is 2. The summed E-state index contributed by atoms with van der Waals surface area (Å²) >= 11 is 0. The average molecular weight is 406 g/mol. The molecule has 0 radical (unpaired) electrons. The van der Waals surface area contributed by atoms with E-state index >= 15 is 0 Å². The van der Waals surface area contributed by atoms with Crippen molar-refractivity contribution in [2.45, 2.75) is 6.54 Å². The number of ether oxygens (including phenoxy) is 4. The first-order chi connectivity index (χ1) is 14.7. The SMILES string of the molecule is COCCOc1cc2c(cc1OCCOC)C1=Nc3cc(C#N)ccc3CN1C=N2. The molecule has 154 valence electrons. The normalized spacial score (nSPS) is 13.6. The number of hydrogen-bond donors (Lipinski definition) is 0.